The minimum absolute atomic E-state index is 0.0262. The first-order valence-electron chi connectivity index (χ1n) is 9.08. The number of aryl methyl sites for hydroxylation is 1. The van der Waals surface area contributed by atoms with E-state index in [1.54, 1.807) is 23.1 Å². The van der Waals surface area contributed by atoms with Gasteiger partial charge in [0.2, 0.25) is 15.9 Å². The molecule has 2 aromatic carbocycles. The Kier molecular flexibility index (Phi) is 5.14. The van der Waals surface area contributed by atoms with Crippen molar-refractivity contribution in [3.05, 3.63) is 59.2 Å². The summed E-state index contributed by atoms with van der Waals surface area (Å²) in [5.41, 5.74) is 3.33. The third-order valence-corrected chi connectivity index (χ3v) is 6.51. The highest BCUT2D eigenvalue weighted by atomic mass is 32.2. The molecular formula is C21H26N2O3S. The summed E-state index contributed by atoms with van der Waals surface area (Å²) in [6, 6.07) is 13.1. The molecule has 5 nitrogen and oxygen atoms in total. The molecule has 1 aliphatic heterocycles. The van der Waals surface area contributed by atoms with Crippen LogP contribution in [0.25, 0.3) is 0 Å². The number of benzene rings is 2. The Hall–Kier alpha value is -2.18. The fraction of sp³-hybridized carbons (Fsp3) is 0.381. The second kappa shape index (κ2) is 7.09. The first-order valence-corrected chi connectivity index (χ1v) is 10.6. The van der Waals surface area contributed by atoms with Crippen molar-refractivity contribution < 1.29 is 13.2 Å². The lowest BCUT2D eigenvalue weighted by atomic mass is 9.96. The number of amides is 1. The van der Waals surface area contributed by atoms with Crippen LogP contribution in [0.15, 0.2) is 47.4 Å². The van der Waals surface area contributed by atoms with E-state index in [-0.39, 0.29) is 10.8 Å². The number of hydrogen-bond acceptors (Lipinski definition) is 3. The normalized spacial score (nSPS) is 14.3. The molecule has 0 saturated carbocycles. The minimum Gasteiger partial charge on any atom is -0.312 e. The third kappa shape index (κ3) is 4.39. The van der Waals surface area contributed by atoms with Crippen LogP contribution in [0.4, 0.5) is 5.69 Å². The van der Waals surface area contributed by atoms with Gasteiger partial charge >= 0.3 is 0 Å². The molecule has 2 aromatic rings. The van der Waals surface area contributed by atoms with Crippen molar-refractivity contribution in [2.24, 2.45) is 0 Å². The van der Waals surface area contributed by atoms with Crippen LogP contribution in [0.2, 0.25) is 0 Å². The van der Waals surface area contributed by atoms with Crippen molar-refractivity contribution in [2.75, 3.05) is 11.4 Å². The zero-order valence-electron chi connectivity index (χ0n) is 16.2. The van der Waals surface area contributed by atoms with E-state index < -0.39 is 15.6 Å². The van der Waals surface area contributed by atoms with E-state index in [2.05, 4.69) is 4.72 Å². The van der Waals surface area contributed by atoms with Gasteiger partial charge in [0.15, 0.2) is 0 Å². The number of sulfonamides is 1. The summed E-state index contributed by atoms with van der Waals surface area (Å²) >= 11 is 0. The molecule has 0 atom stereocenters. The zero-order valence-corrected chi connectivity index (χ0v) is 17.1. The quantitative estimate of drug-likeness (QED) is 0.858. The molecule has 3 rings (SSSR count). The monoisotopic (exact) mass is 386 g/mol. The first kappa shape index (κ1) is 19.6. The maximum atomic E-state index is 12.9. The van der Waals surface area contributed by atoms with E-state index in [1.165, 1.54) is 12.5 Å². The summed E-state index contributed by atoms with van der Waals surface area (Å²) in [5.74, 6) is -0.0262. The van der Waals surface area contributed by atoms with Crippen LogP contribution in [-0.2, 0) is 27.7 Å². The van der Waals surface area contributed by atoms with Gasteiger partial charge in [0, 0.05) is 24.7 Å². The van der Waals surface area contributed by atoms with Crippen molar-refractivity contribution in [3.63, 3.8) is 0 Å². The predicted octanol–water partition coefficient (Wildman–Crippen LogP) is 3.20. The smallest absolute Gasteiger partial charge is 0.241 e. The molecule has 0 spiro atoms. The van der Waals surface area contributed by atoms with Gasteiger partial charge < -0.3 is 4.90 Å². The van der Waals surface area contributed by atoms with E-state index in [0.29, 0.717) is 19.4 Å². The number of nitrogens with one attached hydrogen (secondary N) is 1. The molecule has 0 radical (unpaired) electrons. The maximum Gasteiger partial charge on any atom is 0.241 e. The Morgan fingerprint density at radius 1 is 1.15 bits per heavy atom. The number of carbonyl (C=O) groups is 1. The molecule has 0 aromatic heterocycles. The maximum absolute atomic E-state index is 12.9. The summed E-state index contributed by atoms with van der Waals surface area (Å²) in [6.45, 7) is 7.92. The van der Waals surface area contributed by atoms with Crippen molar-refractivity contribution in [3.8, 4) is 0 Å². The van der Waals surface area contributed by atoms with Crippen molar-refractivity contribution in [2.45, 2.75) is 51.0 Å². The highest BCUT2D eigenvalue weighted by Gasteiger charge is 2.29. The summed E-state index contributed by atoms with van der Waals surface area (Å²) in [4.78, 5) is 13.6. The van der Waals surface area contributed by atoms with Gasteiger partial charge in [0.05, 0.1) is 4.90 Å². The van der Waals surface area contributed by atoms with Crippen LogP contribution in [0.5, 0.6) is 0 Å². The Bertz CT molecular complexity index is 963. The number of rotatable bonds is 5. The molecule has 0 saturated heterocycles. The van der Waals surface area contributed by atoms with Gasteiger partial charge in [-0.15, -0.1) is 0 Å². The van der Waals surface area contributed by atoms with E-state index >= 15 is 0 Å². The van der Waals surface area contributed by atoms with Gasteiger partial charge in [-0.05, 0) is 62.9 Å². The van der Waals surface area contributed by atoms with Gasteiger partial charge in [-0.25, -0.2) is 13.1 Å². The third-order valence-electron chi connectivity index (χ3n) is 4.81. The second-order valence-corrected chi connectivity index (χ2v) is 9.55. The second-order valence-electron chi connectivity index (χ2n) is 7.86. The number of hydrogen-bond donors (Lipinski definition) is 1. The van der Waals surface area contributed by atoms with E-state index in [9.17, 15) is 13.2 Å². The van der Waals surface area contributed by atoms with Crippen molar-refractivity contribution in [1.29, 1.82) is 0 Å². The average Bonchev–Trinajstić information content (AvgIpc) is 2.99. The van der Waals surface area contributed by atoms with Crippen molar-refractivity contribution in [1.82, 2.24) is 4.72 Å². The molecule has 1 N–H and O–H groups in total. The Morgan fingerprint density at radius 3 is 2.44 bits per heavy atom. The van der Waals surface area contributed by atoms with E-state index in [1.807, 2.05) is 45.0 Å². The van der Waals surface area contributed by atoms with Crippen LogP contribution in [0.1, 0.15) is 37.5 Å². The van der Waals surface area contributed by atoms with E-state index in [4.69, 9.17) is 0 Å². The van der Waals surface area contributed by atoms with Gasteiger partial charge in [0.1, 0.15) is 0 Å². The van der Waals surface area contributed by atoms with Crippen LogP contribution in [0, 0.1) is 6.92 Å². The molecule has 144 valence electrons. The lowest BCUT2D eigenvalue weighted by Crippen LogP contribution is -2.45. The predicted molar refractivity (Wildman–Crippen MR) is 107 cm³/mol. The number of fused-ring (bicyclic) bond motifs is 1. The molecule has 6 heteroatoms. The SMILES string of the molecule is CC(=O)N1CCc2cc(S(=O)(=O)NC(C)(C)Cc3ccc(C)cc3)ccc21. The molecular weight excluding hydrogens is 360 g/mol. The Balaban J connectivity index is 1.80. The molecule has 0 bridgehead atoms. The summed E-state index contributed by atoms with van der Waals surface area (Å²) < 4.78 is 28.7. The Labute approximate surface area is 161 Å². The minimum atomic E-state index is -3.66. The highest BCUT2D eigenvalue weighted by molar-refractivity contribution is 7.89. The fourth-order valence-corrected chi connectivity index (χ4v) is 5.01. The van der Waals surface area contributed by atoms with Crippen LogP contribution < -0.4 is 9.62 Å². The first-order chi connectivity index (χ1) is 12.6. The molecule has 1 aliphatic rings. The van der Waals surface area contributed by atoms with Gasteiger partial charge in [0.25, 0.3) is 0 Å². The molecule has 0 fully saturated rings. The van der Waals surface area contributed by atoms with Crippen molar-refractivity contribution >= 4 is 21.6 Å². The van der Waals surface area contributed by atoms with Crippen LogP contribution >= 0.6 is 0 Å². The summed E-state index contributed by atoms with van der Waals surface area (Å²) in [5, 5.41) is 0. The largest absolute Gasteiger partial charge is 0.312 e. The standard InChI is InChI=1S/C21H26N2O3S/c1-15-5-7-17(8-6-15)14-21(3,4)22-27(25,26)19-9-10-20-18(13-19)11-12-23(20)16(2)24/h5-10,13,22H,11-12,14H2,1-4H3. The van der Waals surface area contributed by atoms with E-state index in [0.717, 1.165) is 16.8 Å². The highest BCUT2D eigenvalue weighted by Crippen LogP contribution is 2.30. The molecule has 27 heavy (non-hydrogen) atoms. The summed E-state index contributed by atoms with van der Waals surface area (Å²) in [6.07, 6.45) is 1.26. The van der Waals surface area contributed by atoms with Crippen LogP contribution in [0.3, 0.4) is 0 Å². The summed E-state index contributed by atoms with van der Waals surface area (Å²) in [7, 11) is -3.66. The number of carbonyl (C=O) groups excluding carboxylic acids is 1. The van der Waals surface area contributed by atoms with Gasteiger partial charge in [-0.1, -0.05) is 29.8 Å². The average molecular weight is 387 g/mol. The molecule has 1 amide bonds. The zero-order chi connectivity index (χ0) is 19.8. The lowest BCUT2D eigenvalue weighted by molar-refractivity contribution is -0.116. The lowest BCUT2D eigenvalue weighted by Gasteiger charge is -2.26. The number of nitrogens with zero attached hydrogens (tertiary/aromatic N) is 1. The molecule has 1 heterocycles. The van der Waals surface area contributed by atoms with Gasteiger partial charge in [-0.2, -0.15) is 0 Å². The fourth-order valence-electron chi connectivity index (χ4n) is 3.55. The Morgan fingerprint density at radius 2 is 1.81 bits per heavy atom. The van der Waals surface area contributed by atoms with Crippen LogP contribution in [-0.4, -0.2) is 26.4 Å². The molecule has 0 aliphatic carbocycles. The molecule has 0 unspecified atom stereocenters. The van der Waals surface area contributed by atoms with Gasteiger partial charge in [-0.3, -0.25) is 4.79 Å². The topological polar surface area (TPSA) is 66.5 Å². The number of anilines is 1.